The maximum Gasteiger partial charge on any atom is 0.223 e. The normalized spacial score (nSPS) is 10.7. The Labute approximate surface area is 155 Å². The standard InChI is InChI=1S/C18H19N5O2S/c1-9(24)21-15-12-6-4-11(8-10(12)5-7-13(15)25-2)14-16(19)22-18(20)23-17(14)26-3/h4-8H,1-3H3,(H,21,24)(H4,19,20,22,23). The van der Waals surface area contributed by atoms with Gasteiger partial charge in [-0.3, -0.25) is 4.79 Å². The van der Waals surface area contributed by atoms with Gasteiger partial charge in [-0.15, -0.1) is 11.8 Å². The summed E-state index contributed by atoms with van der Waals surface area (Å²) in [6.07, 6.45) is 1.91. The number of rotatable bonds is 4. The molecule has 26 heavy (non-hydrogen) atoms. The number of thioether (sulfide) groups is 1. The summed E-state index contributed by atoms with van der Waals surface area (Å²) >= 11 is 1.45. The number of nitrogens with zero attached hydrogens (tertiary/aromatic N) is 2. The number of benzene rings is 2. The van der Waals surface area contributed by atoms with E-state index in [0.29, 0.717) is 22.3 Å². The number of nitrogen functional groups attached to an aromatic ring is 2. The maximum absolute atomic E-state index is 11.6. The lowest BCUT2D eigenvalue weighted by atomic mass is 10.0. The number of hydrogen-bond acceptors (Lipinski definition) is 7. The molecule has 0 saturated heterocycles. The number of aromatic nitrogens is 2. The average Bonchev–Trinajstić information content (AvgIpc) is 2.60. The fraction of sp³-hybridized carbons (Fsp3) is 0.167. The Morgan fingerprint density at radius 3 is 2.62 bits per heavy atom. The molecule has 0 aliphatic heterocycles. The van der Waals surface area contributed by atoms with Crippen molar-refractivity contribution < 1.29 is 9.53 Å². The van der Waals surface area contributed by atoms with Crippen molar-refractivity contribution in [1.82, 2.24) is 9.97 Å². The number of hydrogen-bond donors (Lipinski definition) is 3. The summed E-state index contributed by atoms with van der Waals surface area (Å²) in [5.41, 5.74) is 14.0. The molecular formula is C18H19N5O2S. The van der Waals surface area contributed by atoms with Crippen LogP contribution in [0, 0.1) is 0 Å². The summed E-state index contributed by atoms with van der Waals surface area (Å²) in [4.78, 5) is 19.9. The van der Waals surface area contributed by atoms with Gasteiger partial charge in [0.25, 0.3) is 0 Å². The van der Waals surface area contributed by atoms with Gasteiger partial charge in [-0.1, -0.05) is 18.2 Å². The van der Waals surface area contributed by atoms with Gasteiger partial charge >= 0.3 is 0 Å². The molecule has 0 spiro atoms. The van der Waals surface area contributed by atoms with Crippen LogP contribution in [-0.4, -0.2) is 29.2 Å². The van der Waals surface area contributed by atoms with Crippen LogP contribution >= 0.6 is 11.8 Å². The monoisotopic (exact) mass is 369 g/mol. The molecule has 134 valence electrons. The first kappa shape index (κ1) is 17.8. The van der Waals surface area contributed by atoms with Gasteiger partial charge in [-0.05, 0) is 29.3 Å². The molecule has 0 bridgehead atoms. The zero-order valence-electron chi connectivity index (χ0n) is 14.7. The molecule has 0 aliphatic carbocycles. The van der Waals surface area contributed by atoms with Gasteiger partial charge in [0.05, 0.1) is 18.4 Å². The SMILES string of the molecule is COc1ccc2cc(-c3c(N)nc(N)nc3SC)ccc2c1NC(C)=O. The van der Waals surface area contributed by atoms with Crippen LogP contribution in [0.15, 0.2) is 35.4 Å². The van der Waals surface area contributed by atoms with Crippen LogP contribution < -0.4 is 21.5 Å². The number of fused-ring (bicyclic) bond motifs is 1. The molecule has 1 aromatic heterocycles. The smallest absolute Gasteiger partial charge is 0.223 e. The molecule has 0 fully saturated rings. The molecule has 7 nitrogen and oxygen atoms in total. The van der Waals surface area contributed by atoms with Crippen molar-refractivity contribution in [3.05, 3.63) is 30.3 Å². The van der Waals surface area contributed by atoms with E-state index < -0.39 is 0 Å². The molecule has 0 atom stereocenters. The van der Waals surface area contributed by atoms with E-state index >= 15 is 0 Å². The highest BCUT2D eigenvalue weighted by atomic mass is 32.2. The molecule has 0 aliphatic rings. The second kappa shape index (κ2) is 7.09. The van der Waals surface area contributed by atoms with Gasteiger partial charge in [0, 0.05) is 12.3 Å². The predicted octanol–water partition coefficient (Wildman–Crippen LogP) is 3.15. The first-order valence-electron chi connectivity index (χ1n) is 7.80. The van der Waals surface area contributed by atoms with Crippen LogP contribution in [-0.2, 0) is 4.79 Å². The summed E-state index contributed by atoms with van der Waals surface area (Å²) in [6, 6.07) is 9.55. The van der Waals surface area contributed by atoms with E-state index in [0.717, 1.165) is 21.9 Å². The van der Waals surface area contributed by atoms with E-state index in [-0.39, 0.29) is 11.9 Å². The Bertz CT molecular complexity index is 1010. The molecule has 1 amide bonds. The van der Waals surface area contributed by atoms with E-state index in [1.165, 1.54) is 18.7 Å². The highest BCUT2D eigenvalue weighted by Gasteiger charge is 2.15. The summed E-state index contributed by atoms with van der Waals surface area (Å²) in [5, 5.41) is 5.34. The van der Waals surface area contributed by atoms with E-state index in [1.807, 2.05) is 36.6 Å². The number of carbonyl (C=O) groups is 1. The highest BCUT2D eigenvalue weighted by Crippen LogP contribution is 2.38. The quantitative estimate of drug-likeness (QED) is 0.478. The largest absolute Gasteiger partial charge is 0.495 e. The van der Waals surface area contributed by atoms with Crippen molar-refractivity contribution in [2.45, 2.75) is 11.9 Å². The Morgan fingerprint density at radius 2 is 1.96 bits per heavy atom. The lowest BCUT2D eigenvalue weighted by Gasteiger charge is -2.14. The van der Waals surface area contributed by atoms with Crippen molar-refractivity contribution in [1.29, 1.82) is 0 Å². The average molecular weight is 369 g/mol. The molecule has 3 aromatic rings. The van der Waals surface area contributed by atoms with Gasteiger partial charge < -0.3 is 21.5 Å². The fourth-order valence-electron chi connectivity index (χ4n) is 2.83. The first-order valence-corrected chi connectivity index (χ1v) is 9.02. The van der Waals surface area contributed by atoms with Crippen LogP contribution in [0.1, 0.15) is 6.92 Å². The summed E-state index contributed by atoms with van der Waals surface area (Å²) in [6.45, 7) is 1.46. The minimum Gasteiger partial charge on any atom is -0.495 e. The fourth-order valence-corrected chi connectivity index (χ4v) is 3.44. The van der Waals surface area contributed by atoms with Crippen LogP contribution in [0.4, 0.5) is 17.5 Å². The number of nitrogens with one attached hydrogen (secondary N) is 1. The van der Waals surface area contributed by atoms with Gasteiger partial charge in [-0.2, -0.15) is 4.98 Å². The lowest BCUT2D eigenvalue weighted by Crippen LogP contribution is -2.07. The minimum absolute atomic E-state index is 0.147. The molecule has 2 aromatic carbocycles. The van der Waals surface area contributed by atoms with Crippen LogP contribution in [0.2, 0.25) is 0 Å². The van der Waals surface area contributed by atoms with Crippen LogP contribution in [0.25, 0.3) is 21.9 Å². The Morgan fingerprint density at radius 1 is 1.19 bits per heavy atom. The summed E-state index contributed by atoms with van der Waals surface area (Å²) in [5.74, 6) is 0.909. The molecule has 1 heterocycles. The number of carbonyl (C=O) groups excluding carboxylic acids is 1. The maximum atomic E-state index is 11.6. The van der Waals surface area contributed by atoms with E-state index in [9.17, 15) is 4.79 Å². The van der Waals surface area contributed by atoms with Gasteiger partial charge in [0.1, 0.15) is 16.6 Å². The van der Waals surface area contributed by atoms with Gasteiger partial charge in [0.2, 0.25) is 11.9 Å². The third kappa shape index (κ3) is 3.23. The molecule has 0 saturated carbocycles. The minimum atomic E-state index is -0.166. The van der Waals surface area contributed by atoms with E-state index in [4.69, 9.17) is 16.2 Å². The Hall–Kier alpha value is -3.00. The number of amides is 1. The van der Waals surface area contributed by atoms with Crippen molar-refractivity contribution in [3.63, 3.8) is 0 Å². The third-order valence-electron chi connectivity index (χ3n) is 3.91. The van der Waals surface area contributed by atoms with Gasteiger partial charge in [0.15, 0.2) is 0 Å². The Kier molecular flexibility index (Phi) is 4.85. The van der Waals surface area contributed by atoms with Gasteiger partial charge in [-0.25, -0.2) is 4.98 Å². The second-order valence-electron chi connectivity index (χ2n) is 5.61. The lowest BCUT2D eigenvalue weighted by molar-refractivity contribution is -0.114. The molecule has 5 N–H and O–H groups in total. The highest BCUT2D eigenvalue weighted by molar-refractivity contribution is 7.98. The molecule has 3 rings (SSSR count). The van der Waals surface area contributed by atoms with Crippen molar-refractivity contribution >= 4 is 45.9 Å². The number of ether oxygens (including phenoxy) is 1. The van der Waals surface area contributed by atoms with Crippen LogP contribution in [0.3, 0.4) is 0 Å². The number of anilines is 3. The number of methoxy groups -OCH3 is 1. The zero-order valence-corrected chi connectivity index (χ0v) is 15.5. The van der Waals surface area contributed by atoms with Crippen LogP contribution in [0.5, 0.6) is 5.75 Å². The molecule has 8 heteroatoms. The molecular weight excluding hydrogens is 350 g/mol. The summed E-state index contributed by atoms with van der Waals surface area (Å²) < 4.78 is 5.37. The van der Waals surface area contributed by atoms with E-state index in [2.05, 4.69) is 15.3 Å². The summed E-state index contributed by atoms with van der Waals surface area (Å²) in [7, 11) is 1.57. The zero-order chi connectivity index (χ0) is 18.8. The Balaban J connectivity index is 2.22. The third-order valence-corrected chi connectivity index (χ3v) is 4.59. The predicted molar refractivity (Wildman–Crippen MR) is 106 cm³/mol. The van der Waals surface area contributed by atoms with Crippen molar-refractivity contribution in [2.75, 3.05) is 30.1 Å². The first-order chi connectivity index (χ1) is 12.4. The molecule has 0 radical (unpaired) electrons. The number of nitrogens with two attached hydrogens (primary N) is 2. The van der Waals surface area contributed by atoms with Crippen molar-refractivity contribution in [2.24, 2.45) is 0 Å². The van der Waals surface area contributed by atoms with E-state index in [1.54, 1.807) is 7.11 Å². The molecule has 0 unspecified atom stereocenters. The second-order valence-corrected chi connectivity index (χ2v) is 6.41. The topological polar surface area (TPSA) is 116 Å². The van der Waals surface area contributed by atoms with Crippen molar-refractivity contribution in [3.8, 4) is 16.9 Å².